The molecule has 1 heterocycles. The van der Waals surface area contributed by atoms with Gasteiger partial charge in [0.25, 0.3) is 0 Å². The van der Waals surface area contributed by atoms with Crippen molar-refractivity contribution in [3.05, 3.63) is 24.0 Å². The molecule has 0 fully saturated rings. The minimum Gasteiger partial charge on any atom is -0.487 e. The van der Waals surface area contributed by atoms with Crippen molar-refractivity contribution < 1.29 is 4.74 Å². The number of hydrogen-bond acceptors (Lipinski definition) is 1. The summed E-state index contributed by atoms with van der Waals surface area (Å²) in [7, 11) is 0. The van der Waals surface area contributed by atoms with Crippen LogP contribution in [0.3, 0.4) is 0 Å². The molecule has 0 spiro atoms. The maximum Gasteiger partial charge on any atom is 0.115 e. The fourth-order valence-corrected chi connectivity index (χ4v) is 0.796. The van der Waals surface area contributed by atoms with E-state index in [4.69, 9.17) is 4.74 Å². The molecule has 1 aliphatic rings. The van der Waals surface area contributed by atoms with Gasteiger partial charge in [-0.3, -0.25) is 0 Å². The summed E-state index contributed by atoms with van der Waals surface area (Å²) in [5.74, 6) is 0.817. The van der Waals surface area contributed by atoms with E-state index < -0.39 is 0 Å². The van der Waals surface area contributed by atoms with Crippen LogP contribution in [0.25, 0.3) is 0 Å². The summed E-state index contributed by atoms with van der Waals surface area (Å²) in [6.07, 6.45) is 2.30. The van der Waals surface area contributed by atoms with E-state index in [9.17, 15) is 0 Å². The zero-order valence-corrected chi connectivity index (χ0v) is 5.27. The summed E-state index contributed by atoms with van der Waals surface area (Å²) in [6.45, 7) is 7.70. The molecule has 1 rings (SSSR count). The van der Waals surface area contributed by atoms with Crippen molar-refractivity contribution in [1.82, 2.24) is 0 Å². The van der Waals surface area contributed by atoms with E-state index in [1.807, 2.05) is 13.8 Å². The summed E-state index contributed by atoms with van der Waals surface area (Å²) in [4.78, 5) is 0. The van der Waals surface area contributed by atoms with Crippen molar-refractivity contribution in [3.63, 3.8) is 0 Å². The highest BCUT2D eigenvalue weighted by atomic mass is 16.5. The monoisotopic (exact) mass is 110 g/mol. The Morgan fingerprint density at radius 1 is 1.75 bits per heavy atom. The molecule has 1 heteroatoms. The molecule has 1 nitrogen and oxygen atoms in total. The minimum atomic E-state index is 0.238. The van der Waals surface area contributed by atoms with Gasteiger partial charge >= 0.3 is 0 Å². The SMILES string of the molecule is C=C1OC(C)C=C1C. The molecule has 1 aliphatic heterocycles. The van der Waals surface area contributed by atoms with Crippen molar-refractivity contribution >= 4 is 0 Å². The Balaban J connectivity index is 2.73. The van der Waals surface area contributed by atoms with Crippen molar-refractivity contribution in [3.8, 4) is 0 Å². The first-order chi connectivity index (χ1) is 3.70. The third-order valence-corrected chi connectivity index (χ3v) is 1.25. The quantitative estimate of drug-likeness (QED) is 0.462. The molecule has 0 aromatic carbocycles. The van der Waals surface area contributed by atoms with Crippen molar-refractivity contribution in [2.24, 2.45) is 0 Å². The van der Waals surface area contributed by atoms with Gasteiger partial charge in [-0.15, -0.1) is 0 Å². The predicted octanol–water partition coefficient (Wildman–Crippen LogP) is 1.87. The van der Waals surface area contributed by atoms with E-state index >= 15 is 0 Å². The molecule has 0 bridgehead atoms. The van der Waals surface area contributed by atoms with Gasteiger partial charge in [-0.2, -0.15) is 0 Å². The first kappa shape index (κ1) is 5.42. The first-order valence-corrected chi connectivity index (χ1v) is 2.74. The van der Waals surface area contributed by atoms with Crippen molar-refractivity contribution in [2.75, 3.05) is 0 Å². The molecule has 0 amide bonds. The van der Waals surface area contributed by atoms with Gasteiger partial charge in [0.15, 0.2) is 0 Å². The molecule has 0 saturated heterocycles. The Bertz CT molecular complexity index is 144. The average Bonchev–Trinajstić information content (AvgIpc) is 1.85. The second kappa shape index (κ2) is 1.66. The summed E-state index contributed by atoms with van der Waals surface area (Å²) >= 11 is 0. The van der Waals surface area contributed by atoms with Crippen LogP contribution in [0.15, 0.2) is 24.0 Å². The van der Waals surface area contributed by atoms with Crippen LogP contribution in [0.4, 0.5) is 0 Å². The summed E-state index contributed by atoms with van der Waals surface area (Å²) in [6, 6.07) is 0. The van der Waals surface area contributed by atoms with E-state index in [1.54, 1.807) is 0 Å². The van der Waals surface area contributed by atoms with Crippen LogP contribution in [-0.2, 0) is 4.74 Å². The van der Waals surface area contributed by atoms with Gasteiger partial charge in [-0.1, -0.05) is 6.58 Å². The van der Waals surface area contributed by atoms with E-state index in [2.05, 4.69) is 12.7 Å². The first-order valence-electron chi connectivity index (χ1n) is 2.74. The minimum absolute atomic E-state index is 0.238. The molecule has 8 heavy (non-hydrogen) atoms. The molecule has 0 saturated carbocycles. The molecule has 0 N–H and O–H groups in total. The molecule has 0 aromatic rings. The van der Waals surface area contributed by atoms with Gasteiger partial charge in [0, 0.05) is 0 Å². The maximum absolute atomic E-state index is 5.19. The topological polar surface area (TPSA) is 9.23 Å². The van der Waals surface area contributed by atoms with Crippen LogP contribution in [-0.4, -0.2) is 6.10 Å². The fraction of sp³-hybridized carbons (Fsp3) is 0.429. The zero-order chi connectivity index (χ0) is 6.15. The smallest absolute Gasteiger partial charge is 0.115 e. The number of hydrogen-bond donors (Lipinski definition) is 0. The van der Waals surface area contributed by atoms with Crippen LogP contribution < -0.4 is 0 Å². The fourth-order valence-electron chi connectivity index (χ4n) is 0.796. The predicted molar refractivity (Wildman–Crippen MR) is 33.4 cm³/mol. The summed E-state index contributed by atoms with van der Waals surface area (Å²) in [5, 5.41) is 0. The largest absolute Gasteiger partial charge is 0.487 e. The highest BCUT2D eigenvalue weighted by molar-refractivity contribution is 5.26. The van der Waals surface area contributed by atoms with Crippen LogP contribution in [0.2, 0.25) is 0 Å². The number of allylic oxidation sites excluding steroid dienone is 1. The van der Waals surface area contributed by atoms with Gasteiger partial charge in [0.2, 0.25) is 0 Å². The van der Waals surface area contributed by atoms with Crippen LogP contribution in [0.5, 0.6) is 0 Å². The van der Waals surface area contributed by atoms with Crippen molar-refractivity contribution in [1.29, 1.82) is 0 Å². The zero-order valence-electron chi connectivity index (χ0n) is 5.27. The Kier molecular flexibility index (Phi) is 1.12. The van der Waals surface area contributed by atoms with Gasteiger partial charge in [-0.25, -0.2) is 0 Å². The van der Waals surface area contributed by atoms with E-state index in [0.29, 0.717) is 0 Å². The Hall–Kier alpha value is -0.720. The van der Waals surface area contributed by atoms with E-state index in [1.165, 1.54) is 0 Å². The highest BCUT2D eigenvalue weighted by Gasteiger charge is 2.11. The third kappa shape index (κ3) is 0.760. The lowest BCUT2D eigenvalue weighted by Gasteiger charge is -2.00. The number of ether oxygens (including phenoxy) is 1. The maximum atomic E-state index is 5.19. The molecule has 44 valence electrons. The molecule has 0 radical (unpaired) electrons. The molecular weight excluding hydrogens is 100 g/mol. The van der Waals surface area contributed by atoms with Crippen LogP contribution in [0, 0.1) is 0 Å². The Morgan fingerprint density at radius 3 is 2.50 bits per heavy atom. The molecular formula is C7H10O. The highest BCUT2D eigenvalue weighted by Crippen LogP contribution is 2.19. The lowest BCUT2D eigenvalue weighted by atomic mass is 10.2. The van der Waals surface area contributed by atoms with E-state index in [0.717, 1.165) is 11.3 Å². The second-order valence-electron chi connectivity index (χ2n) is 2.10. The Morgan fingerprint density at radius 2 is 2.38 bits per heavy atom. The lowest BCUT2D eigenvalue weighted by Crippen LogP contribution is -1.93. The lowest BCUT2D eigenvalue weighted by molar-refractivity contribution is 0.198. The van der Waals surface area contributed by atoms with Gasteiger partial charge in [0.1, 0.15) is 11.9 Å². The second-order valence-corrected chi connectivity index (χ2v) is 2.10. The summed E-state index contributed by atoms with van der Waals surface area (Å²) < 4.78 is 5.19. The van der Waals surface area contributed by atoms with Crippen LogP contribution >= 0.6 is 0 Å². The van der Waals surface area contributed by atoms with Gasteiger partial charge in [-0.05, 0) is 25.5 Å². The third-order valence-electron chi connectivity index (χ3n) is 1.25. The van der Waals surface area contributed by atoms with Gasteiger partial charge < -0.3 is 4.74 Å². The molecule has 1 unspecified atom stereocenters. The summed E-state index contributed by atoms with van der Waals surface area (Å²) in [5.41, 5.74) is 1.16. The van der Waals surface area contributed by atoms with Gasteiger partial charge in [0.05, 0.1) is 0 Å². The molecule has 0 aromatic heterocycles. The normalized spacial score (nSPS) is 27.5. The van der Waals surface area contributed by atoms with E-state index in [-0.39, 0.29) is 6.10 Å². The Labute approximate surface area is 49.7 Å². The molecule has 0 aliphatic carbocycles. The van der Waals surface area contributed by atoms with Crippen LogP contribution in [0.1, 0.15) is 13.8 Å². The standard InChI is InChI=1S/C7H10O/c1-5-4-6(2)8-7(5)3/h4,6H,3H2,1-2H3. The molecule has 1 atom stereocenters. The average molecular weight is 110 g/mol. The van der Waals surface area contributed by atoms with Crippen molar-refractivity contribution in [2.45, 2.75) is 20.0 Å². The number of rotatable bonds is 0.